The van der Waals surface area contributed by atoms with Crippen molar-refractivity contribution in [2.24, 2.45) is 0 Å². The molecule has 0 N–H and O–H groups in total. The Kier molecular flexibility index (Phi) is 5.44. The predicted octanol–water partition coefficient (Wildman–Crippen LogP) is 5.08. The van der Waals surface area contributed by atoms with Crippen molar-refractivity contribution in [2.75, 3.05) is 18.8 Å². The molecule has 1 fully saturated rings. The third kappa shape index (κ3) is 3.99. The first-order chi connectivity index (χ1) is 11.1. The molecule has 120 valence electrons. The van der Waals surface area contributed by atoms with Crippen LogP contribution in [-0.4, -0.2) is 29.6 Å². The number of amides is 1. The monoisotopic (exact) mass is 389 g/mol. The van der Waals surface area contributed by atoms with Crippen LogP contribution in [0.1, 0.15) is 33.2 Å². The minimum Gasteiger partial charge on any atom is -0.338 e. The van der Waals surface area contributed by atoms with E-state index in [9.17, 15) is 4.79 Å². The van der Waals surface area contributed by atoms with Crippen LogP contribution in [0.3, 0.4) is 0 Å². The second kappa shape index (κ2) is 7.54. The van der Waals surface area contributed by atoms with Crippen LogP contribution in [0.4, 0.5) is 0 Å². The molecule has 0 saturated carbocycles. The fourth-order valence-corrected chi connectivity index (χ4v) is 4.54. The fourth-order valence-electron chi connectivity index (χ4n) is 2.94. The average molecular weight is 390 g/mol. The van der Waals surface area contributed by atoms with Crippen LogP contribution in [0, 0.1) is 6.92 Å². The highest BCUT2D eigenvalue weighted by Crippen LogP contribution is 2.36. The highest BCUT2D eigenvalue weighted by molar-refractivity contribution is 9.10. The molecule has 1 amide bonds. The highest BCUT2D eigenvalue weighted by atomic mass is 79.9. The molecule has 2 aromatic carbocycles. The fraction of sp³-hybridized carbons (Fsp3) is 0.316. The van der Waals surface area contributed by atoms with Crippen molar-refractivity contribution in [3.8, 4) is 0 Å². The van der Waals surface area contributed by atoms with Gasteiger partial charge in [-0.1, -0.05) is 40.2 Å². The third-order valence-corrected chi connectivity index (χ3v) is 6.09. The van der Waals surface area contributed by atoms with E-state index in [1.807, 2.05) is 40.9 Å². The maximum atomic E-state index is 12.7. The van der Waals surface area contributed by atoms with Gasteiger partial charge in [-0.3, -0.25) is 4.79 Å². The largest absolute Gasteiger partial charge is 0.338 e. The van der Waals surface area contributed by atoms with Gasteiger partial charge in [-0.05, 0) is 48.7 Å². The Morgan fingerprint density at radius 3 is 2.61 bits per heavy atom. The van der Waals surface area contributed by atoms with E-state index in [4.69, 9.17) is 0 Å². The molecule has 1 heterocycles. The minimum absolute atomic E-state index is 0.142. The molecule has 2 nitrogen and oxygen atoms in total. The molecule has 0 aliphatic carbocycles. The van der Waals surface area contributed by atoms with Crippen molar-refractivity contribution in [2.45, 2.75) is 18.6 Å². The molecule has 4 heteroatoms. The second-order valence-corrected chi connectivity index (χ2v) is 8.03. The summed E-state index contributed by atoms with van der Waals surface area (Å²) in [6.45, 7) is 3.81. The number of benzene rings is 2. The summed E-state index contributed by atoms with van der Waals surface area (Å²) in [5.74, 6) is 1.13. The molecule has 1 saturated heterocycles. The van der Waals surface area contributed by atoms with Crippen LogP contribution in [0.15, 0.2) is 53.0 Å². The molecule has 0 radical (unpaired) electrons. The van der Waals surface area contributed by atoms with Crippen LogP contribution in [0.2, 0.25) is 0 Å². The Morgan fingerprint density at radius 2 is 1.87 bits per heavy atom. The normalized spacial score (nSPS) is 18.5. The van der Waals surface area contributed by atoms with Gasteiger partial charge in [-0.25, -0.2) is 0 Å². The number of hydrogen-bond acceptors (Lipinski definition) is 2. The van der Waals surface area contributed by atoms with Gasteiger partial charge in [0.15, 0.2) is 0 Å². The molecule has 0 spiro atoms. The molecule has 1 atom stereocenters. The summed E-state index contributed by atoms with van der Waals surface area (Å²) in [7, 11) is 0. The number of carbonyl (C=O) groups excluding carboxylic acids is 1. The molecule has 1 aliphatic heterocycles. The minimum atomic E-state index is 0.142. The number of thioether (sulfide) groups is 1. The average Bonchev–Trinajstić information content (AvgIpc) is 2.81. The van der Waals surface area contributed by atoms with E-state index < -0.39 is 0 Å². The predicted molar refractivity (Wildman–Crippen MR) is 101 cm³/mol. The first kappa shape index (κ1) is 16.6. The second-order valence-electron chi connectivity index (χ2n) is 5.80. The van der Waals surface area contributed by atoms with Crippen LogP contribution in [0.25, 0.3) is 0 Å². The third-order valence-electron chi connectivity index (χ3n) is 4.26. The highest BCUT2D eigenvalue weighted by Gasteiger charge is 2.23. The topological polar surface area (TPSA) is 20.3 Å². The lowest BCUT2D eigenvalue weighted by atomic mass is 10.0. The molecular formula is C19H20BrNOS. The van der Waals surface area contributed by atoms with Gasteiger partial charge in [0.2, 0.25) is 0 Å². The summed E-state index contributed by atoms with van der Waals surface area (Å²) in [5.41, 5.74) is 3.53. The number of nitrogens with zero attached hydrogens (tertiary/aromatic N) is 1. The van der Waals surface area contributed by atoms with E-state index in [-0.39, 0.29) is 5.91 Å². The SMILES string of the molecule is Cc1ccccc1C1CCN(C(=O)c2ccc(Br)cc2)CCS1. The molecule has 0 aromatic heterocycles. The van der Waals surface area contributed by atoms with Crippen LogP contribution < -0.4 is 0 Å². The maximum Gasteiger partial charge on any atom is 0.253 e. The molecular weight excluding hydrogens is 370 g/mol. The number of hydrogen-bond donors (Lipinski definition) is 0. The number of aryl methyl sites for hydroxylation is 1. The van der Waals surface area contributed by atoms with Gasteiger partial charge in [0.1, 0.15) is 0 Å². The Balaban J connectivity index is 1.70. The molecule has 1 unspecified atom stereocenters. The van der Waals surface area contributed by atoms with E-state index >= 15 is 0 Å². The summed E-state index contributed by atoms with van der Waals surface area (Å²) in [4.78, 5) is 14.7. The van der Waals surface area contributed by atoms with Gasteiger partial charge in [-0.15, -0.1) is 0 Å². The van der Waals surface area contributed by atoms with E-state index in [2.05, 4.69) is 47.1 Å². The van der Waals surface area contributed by atoms with E-state index in [0.29, 0.717) is 5.25 Å². The lowest BCUT2D eigenvalue weighted by Gasteiger charge is -2.20. The summed E-state index contributed by atoms with van der Waals surface area (Å²) in [5, 5.41) is 0.485. The summed E-state index contributed by atoms with van der Waals surface area (Å²) in [6.07, 6.45) is 1.01. The first-order valence-corrected chi connectivity index (χ1v) is 9.71. The molecule has 23 heavy (non-hydrogen) atoms. The van der Waals surface area contributed by atoms with E-state index in [0.717, 1.165) is 35.3 Å². The summed E-state index contributed by atoms with van der Waals surface area (Å²) < 4.78 is 1.00. The van der Waals surface area contributed by atoms with Crippen molar-refractivity contribution >= 4 is 33.6 Å². The van der Waals surface area contributed by atoms with Gasteiger partial charge in [-0.2, -0.15) is 11.8 Å². The smallest absolute Gasteiger partial charge is 0.253 e. The molecule has 1 aliphatic rings. The van der Waals surface area contributed by atoms with Gasteiger partial charge in [0, 0.05) is 34.1 Å². The van der Waals surface area contributed by atoms with Gasteiger partial charge in [0.25, 0.3) is 5.91 Å². The van der Waals surface area contributed by atoms with Crippen molar-refractivity contribution in [1.29, 1.82) is 0 Å². The quantitative estimate of drug-likeness (QED) is 0.713. The number of carbonyl (C=O) groups is 1. The summed E-state index contributed by atoms with van der Waals surface area (Å²) in [6, 6.07) is 16.2. The Hall–Kier alpha value is -1.26. The van der Waals surface area contributed by atoms with E-state index in [1.165, 1.54) is 11.1 Å². The van der Waals surface area contributed by atoms with Crippen molar-refractivity contribution in [1.82, 2.24) is 4.90 Å². The summed E-state index contributed by atoms with van der Waals surface area (Å²) >= 11 is 5.38. The first-order valence-electron chi connectivity index (χ1n) is 7.87. The maximum absolute atomic E-state index is 12.7. The Labute approximate surface area is 150 Å². The standard InChI is InChI=1S/C19H20BrNOS/c1-14-4-2-3-5-17(14)18-10-11-21(12-13-23-18)19(22)15-6-8-16(20)9-7-15/h2-9,18H,10-13H2,1H3. The molecule has 2 aromatic rings. The lowest BCUT2D eigenvalue weighted by molar-refractivity contribution is 0.0766. The van der Waals surface area contributed by atoms with Crippen LogP contribution in [0.5, 0.6) is 0 Å². The van der Waals surface area contributed by atoms with Gasteiger partial charge < -0.3 is 4.90 Å². The van der Waals surface area contributed by atoms with Gasteiger partial charge >= 0.3 is 0 Å². The van der Waals surface area contributed by atoms with Crippen molar-refractivity contribution < 1.29 is 4.79 Å². The molecule has 3 rings (SSSR count). The Bertz CT molecular complexity index is 686. The zero-order valence-electron chi connectivity index (χ0n) is 13.2. The molecule has 0 bridgehead atoms. The van der Waals surface area contributed by atoms with Crippen LogP contribution in [-0.2, 0) is 0 Å². The van der Waals surface area contributed by atoms with Crippen molar-refractivity contribution in [3.63, 3.8) is 0 Å². The zero-order valence-corrected chi connectivity index (χ0v) is 15.6. The number of halogens is 1. The van der Waals surface area contributed by atoms with Crippen molar-refractivity contribution in [3.05, 3.63) is 69.7 Å². The lowest BCUT2D eigenvalue weighted by Crippen LogP contribution is -2.32. The Morgan fingerprint density at radius 1 is 1.13 bits per heavy atom. The van der Waals surface area contributed by atoms with Crippen LogP contribution >= 0.6 is 27.7 Å². The zero-order chi connectivity index (χ0) is 16.2. The van der Waals surface area contributed by atoms with Gasteiger partial charge in [0.05, 0.1) is 0 Å². The van der Waals surface area contributed by atoms with E-state index in [1.54, 1.807) is 0 Å². The number of rotatable bonds is 2.